The van der Waals surface area contributed by atoms with Crippen LogP contribution in [0.3, 0.4) is 0 Å². The van der Waals surface area contributed by atoms with Gasteiger partial charge in [-0.15, -0.1) is 0 Å². The molecule has 1 aromatic carbocycles. The topological polar surface area (TPSA) is 129 Å². The summed E-state index contributed by atoms with van der Waals surface area (Å²) < 4.78 is 67.1. The van der Waals surface area contributed by atoms with E-state index < -0.39 is 43.8 Å². The number of hydrogen-bond acceptors (Lipinski definition) is 8. The van der Waals surface area contributed by atoms with Gasteiger partial charge in [0, 0.05) is 19.3 Å². The minimum atomic E-state index is -5.58. The second-order valence-electron chi connectivity index (χ2n) is 9.32. The Labute approximate surface area is 228 Å². The van der Waals surface area contributed by atoms with Crippen LogP contribution >= 0.6 is 0 Å². The SMILES string of the molecule is CCN(CC)CCOC(=O)Nc1cc(CN2C(=O)N(c3ccc(S(=O)(=O)C(F)(F)F)cc3)C(=O)C23CC3)ccn1. The van der Waals surface area contributed by atoms with E-state index in [0.717, 1.165) is 30.1 Å². The van der Waals surface area contributed by atoms with E-state index in [1.807, 2.05) is 13.8 Å². The number of sulfone groups is 1. The quantitative estimate of drug-likeness (QED) is 0.419. The molecule has 1 saturated heterocycles. The number of imide groups is 1. The Morgan fingerprint density at radius 2 is 1.77 bits per heavy atom. The Hall–Kier alpha value is -3.72. The third kappa shape index (κ3) is 5.61. The Bertz CT molecular complexity index is 1390. The molecule has 11 nitrogen and oxygen atoms in total. The van der Waals surface area contributed by atoms with Gasteiger partial charge in [-0.2, -0.15) is 13.2 Å². The van der Waals surface area contributed by atoms with Gasteiger partial charge in [0.25, 0.3) is 15.7 Å². The van der Waals surface area contributed by atoms with Crippen molar-refractivity contribution in [1.29, 1.82) is 0 Å². The molecule has 1 saturated carbocycles. The second kappa shape index (κ2) is 11.0. The van der Waals surface area contributed by atoms with Crippen molar-refractivity contribution in [3.05, 3.63) is 48.2 Å². The van der Waals surface area contributed by atoms with Crippen molar-refractivity contribution in [2.45, 2.75) is 49.2 Å². The third-order valence-corrected chi connectivity index (χ3v) is 8.41. The summed E-state index contributed by atoms with van der Waals surface area (Å²) in [6, 6.07) is 5.87. The van der Waals surface area contributed by atoms with Crippen molar-refractivity contribution in [2.75, 3.05) is 36.5 Å². The summed E-state index contributed by atoms with van der Waals surface area (Å²) in [6.45, 7) is 6.43. The van der Waals surface area contributed by atoms with E-state index in [1.165, 1.54) is 11.1 Å². The van der Waals surface area contributed by atoms with Gasteiger partial charge in [-0.1, -0.05) is 13.8 Å². The van der Waals surface area contributed by atoms with Crippen molar-refractivity contribution >= 4 is 39.4 Å². The Morgan fingerprint density at radius 1 is 1.12 bits per heavy atom. The van der Waals surface area contributed by atoms with Crippen LogP contribution in [-0.2, 0) is 25.9 Å². The molecule has 4 amide bonds. The first-order valence-corrected chi connectivity index (χ1v) is 14.0. The van der Waals surface area contributed by atoms with Crippen LogP contribution in [0.15, 0.2) is 47.5 Å². The molecule has 216 valence electrons. The number of aromatic nitrogens is 1. The average molecular weight is 584 g/mol. The normalized spacial score (nSPS) is 16.6. The fraction of sp³-hybridized carbons (Fsp3) is 0.440. The lowest BCUT2D eigenvalue weighted by Crippen LogP contribution is -2.36. The smallest absolute Gasteiger partial charge is 0.448 e. The third-order valence-electron chi connectivity index (χ3n) is 6.90. The molecule has 1 aliphatic heterocycles. The maximum atomic E-state index is 13.3. The van der Waals surface area contributed by atoms with E-state index in [2.05, 4.69) is 15.2 Å². The van der Waals surface area contributed by atoms with Gasteiger partial charge in [-0.05, 0) is 67.9 Å². The van der Waals surface area contributed by atoms with E-state index in [-0.39, 0.29) is 24.7 Å². The van der Waals surface area contributed by atoms with E-state index in [1.54, 1.807) is 12.1 Å². The zero-order valence-electron chi connectivity index (χ0n) is 21.8. The summed E-state index contributed by atoms with van der Waals surface area (Å²) in [6.07, 6.45) is 1.53. The van der Waals surface area contributed by atoms with Gasteiger partial charge in [-0.3, -0.25) is 10.1 Å². The number of nitrogens with zero attached hydrogens (tertiary/aromatic N) is 4. The predicted octanol–water partition coefficient (Wildman–Crippen LogP) is 3.77. The highest BCUT2D eigenvalue weighted by Crippen LogP contribution is 2.49. The standard InChI is InChI=1S/C25H28F3N5O6S/c1-3-31(4-2)13-14-39-22(35)30-20-15-17(9-12-29-20)16-32-23(36)33(21(34)24(32)10-11-24)18-5-7-19(8-6-18)40(37,38)25(26,27)28/h5-9,12,15H,3-4,10-11,13-14,16H2,1-2H3,(H,29,30,35). The lowest BCUT2D eigenvalue weighted by molar-refractivity contribution is -0.120. The van der Waals surface area contributed by atoms with Gasteiger partial charge in [0.05, 0.1) is 10.6 Å². The average Bonchev–Trinajstić information content (AvgIpc) is 3.68. The maximum Gasteiger partial charge on any atom is 0.501 e. The van der Waals surface area contributed by atoms with E-state index >= 15 is 0 Å². The number of alkyl halides is 3. The molecule has 2 fully saturated rings. The van der Waals surface area contributed by atoms with E-state index in [0.29, 0.717) is 37.1 Å². The van der Waals surface area contributed by atoms with Crippen molar-refractivity contribution in [1.82, 2.24) is 14.8 Å². The first-order valence-electron chi connectivity index (χ1n) is 12.5. The van der Waals surface area contributed by atoms with Crippen LogP contribution < -0.4 is 10.2 Å². The van der Waals surface area contributed by atoms with Crippen LogP contribution in [0.1, 0.15) is 32.3 Å². The van der Waals surface area contributed by atoms with Gasteiger partial charge >= 0.3 is 17.6 Å². The molecular formula is C25H28F3N5O6S. The number of ether oxygens (including phenoxy) is 1. The Balaban J connectivity index is 1.45. The van der Waals surface area contributed by atoms with Crippen LogP contribution in [-0.4, -0.2) is 78.5 Å². The van der Waals surface area contributed by atoms with Crippen LogP contribution in [0.4, 0.5) is 34.3 Å². The zero-order valence-corrected chi connectivity index (χ0v) is 22.6. The fourth-order valence-electron chi connectivity index (χ4n) is 4.44. The fourth-order valence-corrected chi connectivity index (χ4v) is 5.20. The molecule has 1 spiro atoms. The molecule has 4 rings (SSSR count). The largest absolute Gasteiger partial charge is 0.501 e. The number of nitrogens with one attached hydrogen (secondary N) is 1. The van der Waals surface area contributed by atoms with Crippen molar-refractivity contribution in [3.63, 3.8) is 0 Å². The number of pyridine rings is 1. The molecule has 1 aromatic heterocycles. The summed E-state index contributed by atoms with van der Waals surface area (Å²) in [4.78, 5) is 46.1. The lowest BCUT2D eigenvalue weighted by Gasteiger charge is -2.21. The van der Waals surface area contributed by atoms with Gasteiger partial charge in [0.15, 0.2) is 0 Å². The summed E-state index contributed by atoms with van der Waals surface area (Å²) >= 11 is 0. The highest BCUT2D eigenvalue weighted by molar-refractivity contribution is 7.92. The van der Waals surface area contributed by atoms with Crippen LogP contribution in [0, 0.1) is 0 Å². The number of amides is 4. The molecule has 0 bridgehead atoms. The van der Waals surface area contributed by atoms with Crippen LogP contribution in [0.2, 0.25) is 0 Å². The Morgan fingerprint density at radius 3 is 2.35 bits per heavy atom. The molecule has 2 heterocycles. The van der Waals surface area contributed by atoms with Crippen molar-refractivity contribution < 1.29 is 40.7 Å². The molecule has 0 unspecified atom stereocenters. The zero-order chi connectivity index (χ0) is 29.3. The molecule has 0 atom stereocenters. The van der Waals surface area contributed by atoms with Crippen LogP contribution in [0.5, 0.6) is 0 Å². The predicted molar refractivity (Wildman–Crippen MR) is 137 cm³/mol. The van der Waals surface area contributed by atoms with Crippen molar-refractivity contribution in [3.8, 4) is 0 Å². The van der Waals surface area contributed by atoms with Gasteiger partial charge < -0.3 is 14.5 Å². The highest BCUT2D eigenvalue weighted by atomic mass is 32.2. The number of benzene rings is 1. The molecule has 2 aliphatic rings. The van der Waals surface area contributed by atoms with Gasteiger partial charge in [0.2, 0.25) is 0 Å². The number of carbonyl (C=O) groups excluding carboxylic acids is 3. The second-order valence-corrected chi connectivity index (χ2v) is 11.3. The van der Waals surface area contributed by atoms with Gasteiger partial charge in [-0.25, -0.2) is 27.9 Å². The highest BCUT2D eigenvalue weighted by Gasteiger charge is 2.65. The summed E-state index contributed by atoms with van der Waals surface area (Å²) in [5.41, 5.74) is -6.07. The minimum Gasteiger partial charge on any atom is -0.448 e. The number of hydrogen-bond donors (Lipinski definition) is 1. The number of rotatable bonds is 10. The minimum absolute atomic E-state index is 0.00415. The molecule has 2 aromatic rings. The number of urea groups is 1. The molecule has 0 radical (unpaired) electrons. The molecular weight excluding hydrogens is 555 g/mol. The van der Waals surface area contributed by atoms with Gasteiger partial charge in [0.1, 0.15) is 18.0 Å². The Kier molecular flexibility index (Phi) is 8.08. The summed E-state index contributed by atoms with van der Waals surface area (Å²) in [7, 11) is -5.58. The maximum absolute atomic E-state index is 13.3. The molecule has 1 N–H and O–H groups in total. The number of halogens is 3. The first-order chi connectivity index (χ1) is 18.8. The number of carbonyl (C=O) groups is 3. The van der Waals surface area contributed by atoms with E-state index in [4.69, 9.17) is 4.74 Å². The first kappa shape index (κ1) is 29.3. The summed E-state index contributed by atoms with van der Waals surface area (Å²) in [5.74, 6) is -0.361. The number of anilines is 2. The summed E-state index contributed by atoms with van der Waals surface area (Å²) in [5, 5.41) is 2.54. The number of likely N-dealkylation sites (N-methyl/N-ethyl adjacent to an activating group) is 1. The van der Waals surface area contributed by atoms with Crippen LogP contribution in [0.25, 0.3) is 0 Å². The molecule has 1 aliphatic carbocycles. The lowest BCUT2D eigenvalue weighted by atomic mass is 10.2. The molecule has 15 heteroatoms. The van der Waals surface area contributed by atoms with E-state index in [9.17, 15) is 36.0 Å². The molecule has 40 heavy (non-hydrogen) atoms. The van der Waals surface area contributed by atoms with Crippen molar-refractivity contribution in [2.24, 2.45) is 0 Å². The monoisotopic (exact) mass is 583 g/mol.